The van der Waals surface area contributed by atoms with Crippen LogP contribution in [0.1, 0.15) is 48.4 Å². The van der Waals surface area contributed by atoms with Crippen LogP contribution in [-0.4, -0.2) is 24.1 Å². The Morgan fingerprint density at radius 1 is 0.692 bits per heavy atom. The van der Waals surface area contributed by atoms with Crippen LogP contribution in [0.4, 0.5) is 0 Å². The molecule has 0 spiro atoms. The zero-order valence-electron chi connectivity index (χ0n) is 15.7. The highest BCUT2D eigenvalue weighted by Gasteiger charge is 2.32. The molecule has 0 saturated heterocycles. The van der Waals surface area contributed by atoms with E-state index in [0.717, 1.165) is 0 Å². The maximum Gasteiger partial charge on any atom is 0.338 e. The Bertz CT molecular complexity index is 709. The van der Waals surface area contributed by atoms with Crippen LogP contribution in [-0.2, 0) is 9.47 Å². The van der Waals surface area contributed by atoms with Crippen molar-refractivity contribution in [3.63, 3.8) is 0 Å². The highest BCUT2D eigenvalue weighted by Crippen LogP contribution is 2.24. The van der Waals surface area contributed by atoms with E-state index < -0.39 is 24.1 Å². The van der Waals surface area contributed by atoms with Crippen molar-refractivity contribution in [2.45, 2.75) is 39.9 Å². The number of ether oxygens (including phenoxy) is 2. The third-order valence-electron chi connectivity index (χ3n) is 4.59. The summed E-state index contributed by atoms with van der Waals surface area (Å²) in [7, 11) is 0. The molecule has 3 unspecified atom stereocenters. The van der Waals surface area contributed by atoms with Gasteiger partial charge in [-0.05, 0) is 43.0 Å². The Morgan fingerprint density at radius 2 is 1.12 bits per heavy atom. The minimum atomic E-state index is -0.562. The number of carbonyl (C=O) groups excluding carboxylic acids is 2. The molecule has 0 aromatic heterocycles. The SMILES string of the molecule is CC(C)C(C)C(OC(=O)c1ccccc1)C(C)OC(=O)c1ccccc1. The predicted octanol–water partition coefficient (Wildman–Crippen LogP) is 4.75. The maximum absolute atomic E-state index is 12.5. The van der Waals surface area contributed by atoms with E-state index in [1.807, 2.05) is 19.1 Å². The third-order valence-corrected chi connectivity index (χ3v) is 4.59. The molecule has 0 aliphatic heterocycles. The zero-order valence-corrected chi connectivity index (χ0v) is 15.7. The highest BCUT2D eigenvalue weighted by molar-refractivity contribution is 5.90. The summed E-state index contributed by atoms with van der Waals surface area (Å²) in [6.07, 6.45) is -1.09. The lowest BCUT2D eigenvalue weighted by Crippen LogP contribution is -2.40. The Morgan fingerprint density at radius 3 is 1.54 bits per heavy atom. The van der Waals surface area contributed by atoms with Crippen molar-refractivity contribution in [2.75, 3.05) is 0 Å². The Kier molecular flexibility index (Phi) is 6.96. The fourth-order valence-electron chi connectivity index (χ4n) is 2.65. The van der Waals surface area contributed by atoms with Crippen LogP contribution in [0, 0.1) is 11.8 Å². The van der Waals surface area contributed by atoms with E-state index in [1.165, 1.54) is 0 Å². The summed E-state index contributed by atoms with van der Waals surface area (Å²) in [4.78, 5) is 24.8. The van der Waals surface area contributed by atoms with Crippen molar-refractivity contribution in [3.05, 3.63) is 71.8 Å². The first-order valence-corrected chi connectivity index (χ1v) is 8.92. The van der Waals surface area contributed by atoms with Gasteiger partial charge in [-0.1, -0.05) is 57.2 Å². The topological polar surface area (TPSA) is 52.6 Å². The van der Waals surface area contributed by atoms with E-state index in [4.69, 9.17) is 9.47 Å². The first-order valence-electron chi connectivity index (χ1n) is 8.92. The van der Waals surface area contributed by atoms with E-state index in [9.17, 15) is 9.59 Å². The number of carbonyl (C=O) groups is 2. The molecule has 4 heteroatoms. The van der Waals surface area contributed by atoms with E-state index in [0.29, 0.717) is 11.1 Å². The molecule has 0 bridgehead atoms. The van der Waals surface area contributed by atoms with Crippen molar-refractivity contribution in [1.82, 2.24) is 0 Å². The molecular formula is C22H26O4. The minimum Gasteiger partial charge on any atom is -0.455 e. The molecule has 0 N–H and O–H groups in total. The van der Waals surface area contributed by atoms with E-state index in [-0.39, 0.29) is 11.8 Å². The van der Waals surface area contributed by atoms with Crippen molar-refractivity contribution in [2.24, 2.45) is 11.8 Å². The van der Waals surface area contributed by atoms with Crippen molar-refractivity contribution in [1.29, 1.82) is 0 Å². The number of rotatable bonds is 7. The maximum atomic E-state index is 12.5. The van der Waals surface area contributed by atoms with Gasteiger partial charge in [-0.15, -0.1) is 0 Å². The largest absolute Gasteiger partial charge is 0.455 e. The van der Waals surface area contributed by atoms with Crippen LogP contribution in [0.15, 0.2) is 60.7 Å². The second-order valence-corrected chi connectivity index (χ2v) is 6.82. The Hall–Kier alpha value is -2.62. The molecule has 138 valence electrons. The summed E-state index contributed by atoms with van der Waals surface area (Å²) >= 11 is 0. The van der Waals surface area contributed by atoms with Crippen molar-refractivity contribution < 1.29 is 19.1 Å². The average Bonchev–Trinajstić information content (AvgIpc) is 2.66. The zero-order chi connectivity index (χ0) is 19.1. The molecule has 0 radical (unpaired) electrons. The number of hydrogen-bond donors (Lipinski definition) is 0. The van der Waals surface area contributed by atoms with Gasteiger partial charge in [0, 0.05) is 0 Å². The van der Waals surface area contributed by atoms with Crippen LogP contribution in [0.25, 0.3) is 0 Å². The molecular weight excluding hydrogens is 328 g/mol. The molecule has 3 atom stereocenters. The number of esters is 2. The molecule has 4 nitrogen and oxygen atoms in total. The van der Waals surface area contributed by atoms with Gasteiger partial charge >= 0.3 is 11.9 Å². The van der Waals surface area contributed by atoms with Crippen LogP contribution in [0.3, 0.4) is 0 Å². The van der Waals surface area contributed by atoms with Crippen LogP contribution in [0.2, 0.25) is 0 Å². The fraction of sp³-hybridized carbons (Fsp3) is 0.364. The Balaban J connectivity index is 2.13. The number of hydrogen-bond acceptors (Lipinski definition) is 4. The van der Waals surface area contributed by atoms with E-state index >= 15 is 0 Å². The van der Waals surface area contributed by atoms with Crippen LogP contribution >= 0.6 is 0 Å². The number of benzene rings is 2. The standard InChI is InChI=1S/C22H26O4/c1-15(2)16(3)20(26-22(24)19-13-9-6-10-14-19)17(4)25-21(23)18-11-7-5-8-12-18/h5-17,20H,1-4H3. The van der Waals surface area contributed by atoms with Crippen molar-refractivity contribution in [3.8, 4) is 0 Å². The van der Waals surface area contributed by atoms with Gasteiger partial charge in [0.05, 0.1) is 11.1 Å². The van der Waals surface area contributed by atoms with Crippen LogP contribution < -0.4 is 0 Å². The molecule has 2 aromatic rings. The summed E-state index contributed by atoms with van der Waals surface area (Å²) < 4.78 is 11.3. The summed E-state index contributed by atoms with van der Waals surface area (Å²) in [5.41, 5.74) is 0.958. The molecule has 0 heterocycles. The molecule has 2 rings (SSSR count). The van der Waals surface area contributed by atoms with Gasteiger partial charge in [-0.3, -0.25) is 0 Å². The second-order valence-electron chi connectivity index (χ2n) is 6.82. The summed E-state index contributed by atoms with van der Waals surface area (Å²) in [5.74, 6) is -0.539. The third kappa shape index (κ3) is 5.19. The second kappa shape index (κ2) is 9.18. The van der Waals surface area contributed by atoms with Crippen molar-refractivity contribution >= 4 is 11.9 Å². The molecule has 0 saturated carbocycles. The molecule has 26 heavy (non-hydrogen) atoms. The molecule has 0 amide bonds. The van der Waals surface area contributed by atoms with Gasteiger partial charge in [0.15, 0.2) is 0 Å². The van der Waals surface area contributed by atoms with E-state index in [1.54, 1.807) is 55.5 Å². The normalized spacial score (nSPS) is 14.3. The molecule has 0 aliphatic rings. The monoisotopic (exact) mass is 354 g/mol. The van der Waals surface area contributed by atoms with E-state index in [2.05, 4.69) is 13.8 Å². The van der Waals surface area contributed by atoms with Gasteiger partial charge in [0.25, 0.3) is 0 Å². The lowest BCUT2D eigenvalue weighted by Gasteiger charge is -2.31. The summed E-state index contributed by atoms with van der Waals surface area (Å²) in [5, 5.41) is 0. The highest BCUT2D eigenvalue weighted by atomic mass is 16.6. The molecule has 0 fully saturated rings. The first-order chi connectivity index (χ1) is 12.4. The van der Waals surface area contributed by atoms with Gasteiger partial charge in [-0.25, -0.2) is 9.59 Å². The lowest BCUT2D eigenvalue weighted by atomic mass is 9.89. The minimum absolute atomic E-state index is 0.0289. The molecule has 2 aromatic carbocycles. The first kappa shape index (κ1) is 19.7. The van der Waals surface area contributed by atoms with Gasteiger partial charge < -0.3 is 9.47 Å². The quantitative estimate of drug-likeness (QED) is 0.673. The van der Waals surface area contributed by atoms with Gasteiger partial charge in [0.1, 0.15) is 12.2 Å². The lowest BCUT2D eigenvalue weighted by molar-refractivity contribution is -0.0545. The van der Waals surface area contributed by atoms with Crippen LogP contribution in [0.5, 0.6) is 0 Å². The van der Waals surface area contributed by atoms with Gasteiger partial charge in [0.2, 0.25) is 0 Å². The Labute approximate surface area is 155 Å². The fourth-order valence-corrected chi connectivity index (χ4v) is 2.65. The average molecular weight is 354 g/mol. The smallest absolute Gasteiger partial charge is 0.338 e. The predicted molar refractivity (Wildman–Crippen MR) is 101 cm³/mol. The molecule has 0 aliphatic carbocycles. The summed E-state index contributed by atoms with van der Waals surface area (Å²) in [6.45, 7) is 7.88. The van der Waals surface area contributed by atoms with Gasteiger partial charge in [-0.2, -0.15) is 0 Å². The summed E-state index contributed by atoms with van der Waals surface area (Å²) in [6, 6.07) is 17.6.